The van der Waals surface area contributed by atoms with Gasteiger partial charge in [0.05, 0.1) is 0 Å². The first-order valence-corrected chi connectivity index (χ1v) is 9.86. The molecule has 0 fully saturated rings. The number of alkyl halides is 1. The Hall–Kier alpha value is 0.342. The van der Waals surface area contributed by atoms with Crippen LogP contribution in [0, 0.1) is 0 Å². The summed E-state index contributed by atoms with van der Waals surface area (Å²) in [5, 5.41) is 1.29. The molecule has 0 N–H and O–H groups in total. The first-order valence-electron chi connectivity index (χ1n) is 5.32. The molecule has 0 aliphatic carbocycles. The molecule has 0 rings (SSSR count). The van der Waals surface area contributed by atoms with Crippen LogP contribution in [-0.2, 0) is 0 Å². The van der Waals surface area contributed by atoms with Crippen molar-refractivity contribution in [3.63, 3.8) is 0 Å². The van der Waals surface area contributed by atoms with Crippen molar-refractivity contribution in [2.75, 3.05) is 5.88 Å². The van der Waals surface area contributed by atoms with Gasteiger partial charge in [-0.2, -0.15) is 11.1 Å². The van der Waals surface area contributed by atoms with Crippen molar-refractivity contribution < 1.29 is 0 Å². The number of rotatable bonds is 6. The normalized spacial score (nSPS) is 13.5. The van der Waals surface area contributed by atoms with Gasteiger partial charge in [0.15, 0.2) is 7.38 Å². The van der Waals surface area contributed by atoms with Crippen molar-refractivity contribution >= 4 is 37.3 Å². The second kappa shape index (κ2) is 6.82. The van der Waals surface area contributed by atoms with E-state index >= 15 is 0 Å². The highest BCUT2D eigenvalue weighted by atomic mass is 35.6. The minimum atomic E-state index is -1.81. The van der Waals surface area contributed by atoms with Crippen LogP contribution in [0.2, 0.25) is 19.4 Å². The van der Waals surface area contributed by atoms with E-state index in [0.29, 0.717) is 5.88 Å². The van der Waals surface area contributed by atoms with Crippen molar-refractivity contribution in [1.82, 2.24) is 0 Å². The molecular weight excluding hydrogens is 242 g/mol. The lowest BCUT2D eigenvalue weighted by molar-refractivity contribution is 1.16. The molecule has 0 amide bonds. The Kier molecular flexibility index (Phi) is 6.98. The smallest absolute Gasteiger partial charge is 0.162 e. The SMILES string of the molecule is C=C(C)C(=C([B]CCCl)CC)[Si](C)(C)Cl. The van der Waals surface area contributed by atoms with Gasteiger partial charge in [-0.1, -0.05) is 43.7 Å². The fraction of sp³-hybridized carbons (Fsp3) is 0.636. The van der Waals surface area contributed by atoms with Crippen LogP contribution < -0.4 is 0 Å². The van der Waals surface area contributed by atoms with Gasteiger partial charge >= 0.3 is 0 Å². The summed E-state index contributed by atoms with van der Waals surface area (Å²) in [6, 6.07) is 0. The molecule has 0 unspecified atom stereocenters. The van der Waals surface area contributed by atoms with Crippen LogP contribution >= 0.6 is 22.7 Å². The van der Waals surface area contributed by atoms with Gasteiger partial charge in [0.25, 0.3) is 0 Å². The summed E-state index contributed by atoms with van der Waals surface area (Å²) in [4.78, 5) is 0. The first kappa shape index (κ1) is 15.3. The van der Waals surface area contributed by atoms with E-state index < -0.39 is 7.38 Å². The Morgan fingerprint density at radius 1 is 1.40 bits per heavy atom. The molecule has 0 spiro atoms. The lowest BCUT2D eigenvalue weighted by Crippen LogP contribution is -2.25. The van der Waals surface area contributed by atoms with Gasteiger partial charge < -0.3 is 0 Å². The summed E-state index contributed by atoms with van der Waals surface area (Å²) < 4.78 is 0. The molecule has 0 aromatic carbocycles. The minimum Gasteiger partial charge on any atom is -0.162 e. The average molecular weight is 262 g/mol. The molecular formula is C11H20BCl2Si. The quantitative estimate of drug-likeness (QED) is 0.284. The minimum absolute atomic E-state index is 0.664. The fourth-order valence-corrected chi connectivity index (χ4v) is 4.83. The van der Waals surface area contributed by atoms with Crippen LogP contribution in [0.3, 0.4) is 0 Å². The summed E-state index contributed by atoms with van der Waals surface area (Å²) in [5.41, 5.74) is 2.43. The zero-order chi connectivity index (χ0) is 12.1. The number of hydrogen-bond acceptors (Lipinski definition) is 0. The summed E-state index contributed by atoms with van der Waals surface area (Å²) in [7, 11) is 0.397. The molecule has 0 aliphatic heterocycles. The number of hydrogen-bond donors (Lipinski definition) is 0. The third-order valence-corrected chi connectivity index (χ3v) is 4.95. The molecule has 0 bridgehead atoms. The van der Waals surface area contributed by atoms with Crippen LogP contribution in [0.1, 0.15) is 20.3 Å². The lowest BCUT2D eigenvalue weighted by atomic mass is 9.65. The van der Waals surface area contributed by atoms with E-state index in [-0.39, 0.29) is 0 Å². The van der Waals surface area contributed by atoms with E-state index in [1.165, 1.54) is 10.7 Å². The first-order chi connectivity index (χ1) is 6.84. The highest BCUT2D eigenvalue weighted by molar-refractivity contribution is 7.23. The van der Waals surface area contributed by atoms with Crippen LogP contribution in [0.4, 0.5) is 0 Å². The number of allylic oxidation sites excluding steroid dienone is 3. The van der Waals surface area contributed by atoms with Crippen molar-refractivity contribution in [3.8, 4) is 0 Å². The standard InChI is InChI=1S/C11H20BCl2Si/c1-6-10(12-7-8-13)11(9(2)3)15(4,5)14/h2,6-8H2,1,3-5H3. The third kappa shape index (κ3) is 5.28. The van der Waals surface area contributed by atoms with Crippen LogP contribution in [0.25, 0.3) is 0 Å². The van der Waals surface area contributed by atoms with E-state index in [0.717, 1.165) is 18.3 Å². The molecule has 0 heterocycles. The van der Waals surface area contributed by atoms with E-state index in [9.17, 15) is 0 Å². The van der Waals surface area contributed by atoms with Gasteiger partial charge in [0.2, 0.25) is 0 Å². The maximum Gasteiger partial charge on any atom is 0.180 e. The molecule has 0 nitrogen and oxygen atoms in total. The zero-order valence-electron chi connectivity index (χ0n) is 10.2. The maximum atomic E-state index is 6.51. The topological polar surface area (TPSA) is 0 Å². The zero-order valence-corrected chi connectivity index (χ0v) is 12.7. The van der Waals surface area contributed by atoms with Crippen LogP contribution in [-0.4, -0.2) is 20.5 Å². The van der Waals surface area contributed by atoms with Gasteiger partial charge in [-0.3, -0.25) is 0 Å². The van der Waals surface area contributed by atoms with Crippen molar-refractivity contribution in [3.05, 3.63) is 22.8 Å². The second-order valence-electron chi connectivity index (χ2n) is 4.19. The van der Waals surface area contributed by atoms with Gasteiger partial charge in [-0.05, 0) is 13.3 Å². The van der Waals surface area contributed by atoms with Crippen molar-refractivity contribution in [1.29, 1.82) is 0 Å². The van der Waals surface area contributed by atoms with E-state index in [2.05, 4.69) is 33.9 Å². The van der Waals surface area contributed by atoms with Gasteiger partial charge in [0.1, 0.15) is 7.28 Å². The molecule has 0 aromatic heterocycles. The molecule has 0 aliphatic rings. The number of halogens is 2. The van der Waals surface area contributed by atoms with E-state index in [1.54, 1.807) is 0 Å². The Morgan fingerprint density at radius 3 is 2.20 bits per heavy atom. The lowest BCUT2D eigenvalue weighted by Gasteiger charge is -2.23. The second-order valence-corrected chi connectivity index (χ2v) is 10.8. The fourth-order valence-electron chi connectivity index (χ4n) is 1.82. The van der Waals surface area contributed by atoms with E-state index in [4.69, 9.17) is 22.7 Å². The molecule has 85 valence electrons. The third-order valence-electron chi connectivity index (χ3n) is 2.22. The molecule has 1 radical (unpaired) electrons. The summed E-state index contributed by atoms with van der Waals surface area (Å²) in [6.45, 7) is 12.5. The molecule has 0 atom stereocenters. The molecule has 4 heteroatoms. The van der Waals surface area contributed by atoms with Gasteiger partial charge in [-0.15, -0.1) is 17.1 Å². The highest BCUT2D eigenvalue weighted by Gasteiger charge is 2.26. The monoisotopic (exact) mass is 261 g/mol. The van der Waals surface area contributed by atoms with Crippen molar-refractivity contribution in [2.24, 2.45) is 0 Å². The summed E-state index contributed by atoms with van der Waals surface area (Å²) >= 11 is 12.2. The predicted molar refractivity (Wildman–Crippen MR) is 76.7 cm³/mol. The molecule has 0 saturated heterocycles. The summed E-state index contributed by atoms with van der Waals surface area (Å²) in [6.07, 6.45) is 1.91. The van der Waals surface area contributed by atoms with Crippen LogP contribution in [0.5, 0.6) is 0 Å². The largest absolute Gasteiger partial charge is 0.180 e. The summed E-state index contributed by atoms with van der Waals surface area (Å²) in [5.74, 6) is 0.664. The predicted octanol–water partition coefficient (Wildman–Crippen LogP) is 4.57. The maximum absolute atomic E-state index is 6.51. The Morgan fingerprint density at radius 2 is 1.93 bits per heavy atom. The molecule has 15 heavy (non-hydrogen) atoms. The van der Waals surface area contributed by atoms with Crippen molar-refractivity contribution in [2.45, 2.75) is 39.7 Å². The van der Waals surface area contributed by atoms with E-state index in [1.807, 2.05) is 6.92 Å². The average Bonchev–Trinajstić information content (AvgIpc) is 2.08. The molecule has 0 aromatic rings. The Balaban J connectivity index is 5.10. The molecule has 0 saturated carbocycles. The Bertz CT molecular complexity index is 254. The van der Waals surface area contributed by atoms with Crippen LogP contribution in [0.15, 0.2) is 22.8 Å². The highest BCUT2D eigenvalue weighted by Crippen LogP contribution is 2.29. The van der Waals surface area contributed by atoms with Gasteiger partial charge in [0, 0.05) is 5.88 Å². The van der Waals surface area contributed by atoms with Gasteiger partial charge in [-0.25, -0.2) is 0 Å². The Labute approximate surface area is 106 Å².